The molecule has 0 saturated heterocycles. The molecule has 34 heavy (non-hydrogen) atoms. The zero-order valence-electron chi connectivity index (χ0n) is 22.0. The van der Waals surface area contributed by atoms with Crippen LogP contribution in [0.15, 0.2) is 59.7 Å². The first-order valence-corrected chi connectivity index (χ1v) is 13.7. The van der Waals surface area contributed by atoms with Gasteiger partial charge in [-0.1, -0.05) is 101 Å². The van der Waals surface area contributed by atoms with Crippen molar-refractivity contribution in [2.24, 2.45) is 0 Å². The number of hydrogen-bond donors (Lipinski definition) is 0. The van der Waals surface area contributed by atoms with E-state index < -0.39 is 0 Å². The van der Waals surface area contributed by atoms with Crippen molar-refractivity contribution in [3.63, 3.8) is 0 Å². The molecular weight excluding hydrogens is 412 g/mol. The number of aryl methyl sites for hydroxylation is 2. The molecule has 0 unspecified atom stereocenters. The quantitative estimate of drug-likeness (QED) is 0.199. The van der Waals surface area contributed by atoms with Crippen molar-refractivity contribution < 1.29 is 4.70 Å². The van der Waals surface area contributed by atoms with Crippen LogP contribution in [0.1, 0.15) is 113 Å². The second-order valence-electron chi connectivity index (χ2n) is 10.0. The van der Waals surface area contributed by atoms with Gasteiger partial charge in [0.05, 0.1) is 0 Å². The van der Waals surface area contributed by atoms with Gasteiger partial charge in [0.1, 0.15) is 0 Å². The molecule has 182 valence electrons. The van der Waals surface area contributed by atoms with Crippen LogP contribution >= 0.6 is 0 Å². The normalized spacial score (nSPS) is 13.9. The summed E-state index contributed by atoms with van der Waals surface area (Å²) in [5.74, 6) is 0. The molecule has 0 saturated carbocycles. The Morgan fingerprint density at radius 2 is 1.03 bits per heavy atom. The topological polar surface area (TPSA) is 25.3 Å². The highest BCUT2D eigenvalue weighted by molar-refractivity contribution is 5.82. The fourth-order valence-corrected chi connectivity index (χ4v) is 5.16. The molecule has 2 aromatic carbocycles. The standard InChI is InChI=1S/C32H44N2/c1-5-7-9-10-11-12-13-14-22-30-29(21-8-6-2)31(27-19-15-17-25(3)23-27)34(33)32(30)28-20-16-18-26(4)24-28/h15-20,23-24H,5-14,21-22H2,1-4H3. The largest absolute Gasteiger partial charge is 0.493 e. The van der Waals surface area contributed by atoms with E-state index in [1.165, 1.54) is 78.3 Å². The second-order valence-corrected chi connectivity index (χ2v) is 10.0. The molecule has 3 rings (SSSR count). The Kier molecular flexibility index (Phi) is 10.3. The first kappa shape index (κ1) is 26.1. The minimum atomic E-state index is 0.989. The van der Waals surface area contributed by atoms with Gasteiger partial charge in [-0.2, -0.15) is 0 Å². The molecule has 0 spiro atoms. The van der Waals surface area contributed by atoms with Gasteiger partial charge >= 0.3 is 0 Å². The van der Waals surface area contributed by atoms with Gasteiger partial charge in [0.25, 0.3) is 0 Å². The number of allylic oxidation sites excluding steroid dienone is 2. The smallest absolute Gasteiger partial charge is 0.211 e. The summed E-state index contributed by atoms with van der Waals surface area (Å²) in [6, 6.07) is 17.2. The number of hydrogen-bond acceptors (Lipinski definition) is 0. The van der Waals surface area contributed by atoms with Crippen LogP contribution in [-0.2, 0) is 0 Å². The fourth-order valence-electron chi connectivity index (χ4n) is 5.16. The van der Waals surface area contributed by atoms with E-state index in [9.17, 15) is 5.53 Å². The molecule has 1 heterocycles. The molecule has 1 aliphatic heterocycles. The second kappa shape index (κ2) is 13.4. The van der Waals surface area contributed by atoms with Crippen LogP contribution in [0.2, 0.25) is 0 Å². The number of unbranched alkanes of at least 4 members (excludes halogenated alkanes) is 8. The van der Waals surface area contributed by atoms with Gasteiger partial charge in [-0.25, -0.2) is 4.70 Å². The molecule has 0 atom stereocenters. The maximum absolute atomic E-state index is 11.6. The zero-order valence-corrected chi connectivity index (χ0v) is 22.0. The first-order valence-electron chi connectivity index (χ1n) is 13.7. The summed E-state index contributed by atoms with van der Waals surface area (Å²) >= 11 is 0. The highest BCUT2D eigenvalue weighted by Crippen LogP contribution is 2.44. The summed E-state index contributed by atoms with van der Waals surface area (Å²) in [6.07, 6.45) is 14.9. The zero-order chi connectivity index (χ0) is 24.3. The van der Waals surface area contributed by atoms with Crippen LogP contribution in [0.3, 0.4) is 0 Å². The van der Waals surface area contributed by atoms with Crippen molar-refractivity contribution in [2.45, 2.75) is 105 Å². The van der Waals surface area contributed by atoms with Crippen molar-refractivity contribution in [3.8, 4) is 0 Å². The third kappa shape index (κ3) is 6.78. The van der Waals surface area contributed by atoms with E-state index in [1.807, 2.05) is 0 Å². The lowest BCUT2D eigenvalue weighted by Gasteiger charge is -2.10. The lowest BCUT2D eigenvalue weighted by molar-refractivity contribution is -0.345. The van der Waals surface area contributed by atoms with E-state index in [0.717, 1.165) is 48.2 Å². The van der Waals surface area contributed by atoms with E-state index in [1.54, 1.807) is 0 Å². The van der Waals surface area contributed by atoms with E-state index in [4.69, 9.17) is 0 Å². The van der Waals surface area contributed by atoms with Gasteiger partial charge in [-0.3, -0.25) is 0 Å². The van der Waals surface area contributed by atoms with Gasteiger partial charge < -0.3 is 5.53 Å². The maximum Gasteiger partial charge on any atom is 0.211 e. The first-order chi connectivity index (χ1) is 16.6. The van der Waals surface area contributed by atoms with Gasteiger partial charge in [0.15, 0.2) is 0 Å². The molecule has 0 amide bonds. The lowest BCUT2D eigenvalue weighted by atomic mass is 9.91. The SMILES string of the molecule is CCCCCCCCCCC1=C(c2cccc(C)c2)[N+](=[N-])C(c2cccc(C)c2)=C1CCCC. The minimum Gasteiger partial charge on any atom is -0.493 e. The van der Waals surface area contributed by atoms with Crippen molar-refractivity contribution in [2.75, 3.05) is 0 Å². The van der Waals surface area contributed by atoms with Gasteiger partial charge in [0.2, 0.25) is 11.4 Å². The summed E-state index contributed by atoms with van der Waals surface area (Å²) in [7, 11) is 0. The van der Waals surface area contributed by atoms with Crippen LogP contribution in [0.5, 0.6) is 0 Å². The Balaban J connectivity index is 1.91. The van der Waals surface area contributed by atoms with Gasteiger partial charge in [-0.15, -0.1) is 0 Å². The molecule has 2 heteroatoms. The maximum atomic E-state index is 11.6. The summed E-state index contributed by atoms with van der Waals surface area (Å²) in [4.78, 5) is 0. The number of rotatable bonds is 14. The molecule has 0 aromatic heterocycles. The Hall–Kier alpha value is -2.48. The molecule has 2 nitrogen and oxygen atoms in total. The summed E-state index contributed by atoms with van der Waals surface area (Å²) in [6.45, 7) is 8.79. The lowest BCUT2D eigenvalue weighted by Crippen LogP contribution is -2.03. The van der Waals surface area contributed by atoms with Gasteiger partial charge in [-0.05, 0) is 63.8 Å². The van der Waals surface area contributed by atoms with Crippen LogP contribution < -0.4 is 0 Å². The molecule has 0 N–H and O–H groups in total. The molecule has 0 aliphatic carbocycles. The van der Waals surface area contributed by atoms with E-state index in [0.29, 0.717) is 0 Å². The van der Waals surface area contributed by atoms with Crippen LogP contribution in [-0.4, -0.2) is 4.70 Å². The predicted molar refractivity (Wildman–Crippen MR) is 147 cm³/mol. The average molecular weight is 457 g/mol. The molecule has 0 bridgehead atoms. The van der Waals surface area contributed by atoms with Crippen molar-refractivity contribution in [3.05, 3.63) is 87.5 Å². The highest BCUT2D eigenvalue weighted by atomic mass is 15.2. The Morgan fingerprint density at radius 3 is 1.50 bits per heavy atom. The van der Waals surface area contributed by atoms with Gasteiger partial charge in [0, 0.05) is 22.3 Å². The van der Waals surface area contributed by atoms with Crippen LogP contribution in [0, 0.1) is 13.8 Å². The average Bonchev–Trinajstić information content (AvgIpc) is 3.10. The number of benzene rings is 2. The number of nitrogens with zero attached hydrogens (tertiary/aromatic N) is 2. The Morgan fingerprint density at radius 1 is 0.588 bits per heavy atom. The molecule has 0 fully saturated rings. The van der Waals surface area contributed by atoms with E-state index >= 15 is 0 Å². The molecule has 2 aromatic rings. The minimum absolute atomic E-state index is 0.989. The highest BCUT2D eigenvalue weighted by Gasteiger charge is 2.35. The Labute approximate surface area is 208 Å². The third-order valence-corrected chi connectivity index (χ3v) is 7.00. The van der Waals surface area contributed by atoms with E-state index in [2.05, 4.69) is 76.2 Å². The summed E-state index contributed by atoms with van der Waals surface area (Å²) < 4.78 is 1.51. The Bertz CT molecular complexity index is 1020. The summed E-state index contributed by atoms with van der Waals surface area (Å²) in [5.41, 5.74) is 21.0. The molecular formula is C32H44N2. The molecule has 1 aliphatic rings. The van der Waals surface area contributed by atoms with Crippen molar-refractivity contribution in [1.82, 2.24) is 0 Å². The van der Waals surface area contributed by atoms with Crippen molar-refractivity contribution >= 4 is 11.4 Å². The monoisotopic (exact) mass is 456 g/mol. The van der Waals surface area contributed by atoms with Crippen molar-refractivity contribution in [1.29, 1.82) is 0 Å². The predicted octanol–water partition coefficient (Wildman–Crippen LogP) is 10.2. The van der Waals surface area contributed by atoms with Crippen LogP contribution in [0.4, 0.5) is 0 Å². The van der Waals surface area contributed by atoms with Crippen LogP contribution in [0.25, 0.3) is 16.9 Å². The fraction of sp³-hybridized carbons (Fsp3) is 0.500. The van der Waals surface area contributed by atoms with E-state index in [-0.39, 0.29) is 0 Å². The third-order valence-electron chi connectivity index (χ3n) is 7.00. The molecule has 0 radical (unpaired) electrons. The summed E-state index contributed by atoms with van der Waals surface area (Å²) in [5, 5.41) is 0.